The van der Waals surface area contributed by atoms with E-state index >= 15 is 0 Å². The number of aliphatic hydroxyl groups is 1. The highest BCUT2D eigenvalue weighted by Gasteiger charge is 2.40. The molecule has 0 saturated heterocycles. The Labute approximate surface area is 228 Å². The second kappa shape index (κ2) is 15.7. The molecular formula is C28H39NO10. The standard InChI is InChI=1S/C28H39NO10/c1-5-37-28-19(10-12-35-14-15-36-13-11-30)21(22-18-38-23-9-7-6-8-20(23)26(22)31)16-24(39-28)27(32)29(2)17-25(33-3)34-4/h6-9,16,18-19,21,25,28,30H,5,10-15,17H2,1-4H3/t19-,21+,28-/m0/s1. The number of amides is 1. The van der Waals surface area contributed by atoms with E-state index in [0.717, 1.165) is 0 Å². The van der Waals surface area contributed by atoms with Gasteiger partial charge in [-0.1, -0.05) is 12.1 Å². The molecule has 3 atom stereocenters. The molecule has 1 aromatic heterocycles. The Morgan fingerprint density at radius 2 is 1.82 bits per heavy atom. The lowest BCUT2D eigenvalue weighted by Gasteiger charge is -2.37. The highest BCUT2D eigenvalue weighted by atomic mass is 16.7. The van der Waals surface area contributed by atoms with Crippen molar-refractivity contribution in [3.05, 3.63) is 58.2 Å². The predicted octanol–water partition coefficient (Wildman–Crippen LogP) is 2.26. The number of ether oxygens (including phenoxy) is 6. The van der Waals surface area contributed by atoms with Crippen molar-refractivity contribution in [3.63, 3.8) is 0 Å². The number of nitrogens with zero attached hydrogens (tertiary/aromatic N) is 1. The number of aliphatic hydroxyl groups excluding tert-OH is 1. The summed E-state index contributed by atoms with van der Waals surface area (Å²) in [4.78, 5) is 28.4. The molecule has 2 aromatic rings. The maximum atomic E-state index is 13.6. The molecular weight excluding hydrogens is 510 g/mol. The van der Waals surface area contributed by atoms with Crippen molar-refractivity contribution in [1.29, 1.82) is 0 Å². The molecule has 0 saturated carbocycles. The summed E-state index contributed by atoms with van der Waals surface area (Å²) in [6.45, 7) is 3.58. The van der Waals surface area contributed by atoms with Crippen molar-refractivity contribution in [3.8, 4) is 0 Å². The van der Waals surface area contributed by atoms with Crippen LogP contribution in [0, 0.1) is 5.92 Å². The van der Waals surface area contributed by atoms with Crippen LogP contribution in [0.1, 0.15) is 24.8 Å². The van der Waals surface area contributed by atoms with Crippen LogP contribution in [0.4, 0.5) is 0 Å². The summed E-state index contributed by atoms with van der Waals surface area (Å²) in [5, 5.41) is 9.29. The van der Waals surface area contributed by atoms with Crippen LogP contribution in [0.3, 0.4) is 0 Å². The van der Waals surface area contributed by atoms with E-state index in [1.54, 1.807) is 37.4 Å². The number of carbonyl (C=O) groups is 1. The van der Waals surface area contributed by atoms with E-state index in [4.69, 9.17) is 37.9 Å². The number of likely N-dealkylation sites (N-methyl/N-ethyl adjacent to an activating group) is 1. The number of fused-ring (bicyclic) bond motifs is 1. The fraction of sp³-hybridized carbons (Fsp3) is 0.571. The number of benzene rings is 1. The number of hydrogen-bond donors (Lipinski definition) is 1. The lowest BCUT2D eigenvalue weighted by atomic mass is 9.81. The van der Waals surface area contributed by atoms with Gasteiger partial charge in [-0.25, -0.2) is 0 Å². The Kier molecular flexibility index (Phi) is 12.4. The van der Waals surface area contributed by atoms with Crippen molar-refractivity contribution in [1.82, 2.24) is 4.90 Å². The molecule has 1 aliphatic heterocycles. The minimum Gasteiger partial charge on any atom is -0.464 e. The third-order valence-corrected chi connectivity index (χ3v) is 6.49. The molecule has 39 heavy (non-hydrogen) atoms. The quantitative estimate of drug-likeness (QED) is 0.246. The smallest absolute Gasteiger partial charge is 0.288 e. The van der Waals surface area contributed by atoms with Crippen molar-refractivity contribution < 1.29 is 42.7 Å². The third-order valence-electron chi connectivity index (χ3n) is 6.49. The van der Waals surface area contributed by atoms with Gasteiger partial charge in [0.2, 0.25) is 6.29 Å². The number of carbonyl (C=O) groups excluding carboxylic acids is 1. The molecule has 0 fully saturated rings. The fourth-order valence-corrected chi connectivity index (χ4v) is 4.46. The first kappa shape index (κ1) is 30.7. The zero-order valence-electron chi connectivity index (χ0n) is 23.0. The SMILES string of the molecule is CCO[C@H]1OC(C(=O)N(C)CC(OC)OC)=C[C@@H](c2coc3ccccc3c2=O)[C@@H]1CCOCCOCCO. The number of rotatable bonds is 16. The van der Waals surface area contributed by atoms with Crippen LogP contribution in [-0.4, -0.2) is 95.9 Å². The highest BCUT2D eigenvalue weighted by Crippen LogP contribution is 2.38. The van der Waals surface area contributed by atoms with Gasteiger partial charge < -0.3 is 42.8 Å². The van der Waals surface area contributed by atoms with Crippen LogP contribution in [0.15, 0.2) is 51.6 Å². The number of allylic oxidation sites excluding steroid dienone is 1. The van der Waals surface area contributed by atoms with Crippen molar-refractivity contribution in [2.24, 2.45) is 5.92 Å². The Bertz CT molecular complexity index is 1130. The van der Waals surface area contributed by atoms with Crippen molar-refractivity contribution in [2.75, 3.05) is 67.5 Å². The number of hydrogen-bond acceptors (Lipinski definition) is 10. The summed E-state index contributed by atoms with van der Waals surface area (Å²) in [6, 6.07) is 7.03. The molecule has 3 rings (SSSR count). The molecule has 0 bridgehead atoms. The zero-order chi connectivity index (χ0) is 28.2. The summed E-state index contributed by atoms with van der Waals surface area (Å²) in [6.07, 6.45) is 2.18. The first-order chi connectivity index (χ1) is 18.9. The predicted molar refractivity (Wildman–Crippen MR) is 142 cm³/mol. The average molecular weight is 550 g/mol. The van der Waals surface area contributed by atoms with Gasteiger partial charge in [0.15, 0.2) is 17.5 Å². The first-order valence-corrected chi connectivity index (χ1v) is 13.0. The Morgan fingerprint density at radius 3 is 2.51 bits per heavy atom. The van der Waals surface area contributed by atoms with Gasteiger partial charge in [-0.05, 0) is 31.6 Å². The Hall–Kier alpha value is -2.80. The van der Waals surface area contributed by atoms with Crippen LogP contribution < -0.4 is 5.43 Å². The zero-order valence-corrected chi connectivity index (χ0v) is 23.0. The fourth-order valence-electron chi connectivity index (χ4n) is 4.46. The van der Waals surface area contributed by atoms with Crippen molar-refractivity contribution in [2.45, 2.75) is 31.8 Å². The second-order valence-electron chi connectivity index (χ2n) is 9.00. The summed E-state index contributed by atoms with van der Waals surface area (Å²) in [5.41, 5.74) is 0.697. The lowest BCUT2D eigenvalue weighted by Crippen LogP contribution is -2.42. The topological polar surface area (TPSA) is 126 Å². The van der Waals surface area contributed by atoms with E-state index in [2.05, 4.69) is 0 Å². The normalized spacial score (nSPS) is 19.2. The van der Waals surface area contributed by atoms with Crippen LogP contribution in [-0.2, 0) is 33.2 Å². The van der Waals surface area contributed by atoms with Gasteiger partial charge in [0, 0.05) is 51.9 Å². The summed E-state index contributed by atoms with van der Waals surface area (Å²) in [7, 11) is 4.61. The molecule has 1 aromatic carbocycles. The summed E-state index contributed by atoms with van der Waals surface area (Å²) < 4.78 is 39.3. The monoisotopic (exact) mass is 549 g/mol. The van der Waals surface area contributed by atoms with Gasteiger partial charge >= 0.3 is 0 Å². The van der Waals surface area contributed by atoms with Crippen LogP contribution >= 0.6 is 0 Å². The molecule has 11 heteroatoms. The van der Waals surface area contributed by atoms with Crippen LogP contribution in [0.5, 0.6) is 0 Å². The number of para-hydroxylation sites is 1. The van der Waals surface area contributed by atoms with E-state index in [1.807, 2.05) is 6.92 Å². The molecule has 0 aliphatic carbocycles. The largest absolute Gasteiger partial charge is 0.464 e. The minimum absolute atomic E-state index is 0.0500. The number of methoxy groups -OCH3 is 2. The van der Waals surface area contributed by atoms with E-state index in [-0.39, 0.29) is 36.9 Å². The molecule has 1 aliphatic rings. The first-order valence-electron chi connectivity index (χ1n) is 13.0. The van der Waals surface area contributed by atoms with Gasteiger partial charge in [0.05, 0.1) is 44.6 Å². The second-order valence-corrected chi connectivity index (χ2v) is 9.00. The van der Waals surface area contributed by atoms with E-state index in [1.165, 1.54) is 25.4 Å². The van der Waals surface area contributed by atoms with E-state index in [9.17, 15) is 9.59 Å². The van der Waals surface area contributed by atoms with Crippen LogP contribution in [0.2, 0.25) is 0 Å². The van der Waals surface area contributed by atoms with Gasteiger partial charge in [0.1, 0.15) is 5.58 Å². The average Bonchev–Trinajstić information content (AvgIpc) is 2.95. The van der Waals surface area contributed by atoms with Crippen molar-refractivity contribution >= 4 is 16.9 Å². The molecule has 216 valence electrons. The van der Waals surface area contributed by atoms with E-state index in [0.29, 0.717) is 49.4 Å². The summed E-state index contributed by atoms with van der Waals surface area (Å²) >= 11 is 0. The lowest BCUT2D eigenvalue weighted by molar-refractivity contribution is -0.174. The summed E-state index contributed by atoms with van der Waals surface area (Å²) in [5.74, 6) is -1.22. The van der Waals surface area contributed by atoms with E-state index < -0.39 is 24.4 Å². The van der Waals surface area contributed by atoms with Crippen LogP contribution in [0.25, 0.3) is 11.0 Å². The maximum Gasteiger partial charge on any atom is 0.288 e. The molecule has 0 spiro atoms. The van der Waals surface area contributed by atoms with Gasteiger partial charge in [-0.2, -0.15) is 0 Å². The highest BCUT2D eigenvalue weighted by molar-refractivity contribution is 5.91. The molecule has 0 unspecified atom stereocenters. The Balaban J connectivity index is 1.93. The molecule has 0 radical (unpaired) electrons. The van der Waals surface area contributed by atoms with Gasteiger partial charge in [0.25, 0.3) is 5.91 Å². The maximum absolute atomic E-state index is 13.6. The van der Waals surface area contributed by atoms with Gasteiger partial charge in [-0.3, -0.25) is 9.59 Å². The molecule has 1 amide bonds. The molecule has 2 heterocycles. The minimum atomic E-state index is -0.807. The van der Waals surface area contributed by atoms with Gasteiger partial charge in [-0.15, -0.1) is 0 Å². The molecule has 1 N–H and O–H groups in total. The molecule has 11 nitrogen and oxygen atoms in total. The Morgan fingerprint density at radius 1 is 1.10 bits per heavy atom. The third kappa shape index (κ3) is 8.10.